The van der Waals surface area contributed by atoms with Crippen molar-refractivity contribution in [1.82, 2.24) is 15.2 Å². The zero-order valence-corrected chi connectivity index (χ0v) is 20.7. The number of nitrogens with one attached hydrogen (secondary N) is 2. The van der Waals surface area contributed by atoms with E-state index in [2.05, 4.69) is 41.4 Å². The summed E-state index contributed by atoms with van der Waals surface area (Å²) in [4.78, 5) is 36.6. The zero-order valence-electron chi connectivity index (χ0n) is 19.1. The molecule has 0 spiro atoms. The number of hydrogen-bond acceptors (Lipinski definition) is 5. The molecule has 1 unspecified atom stereocenters. The number of rotatable bonds is 8. The van der Waals surface area contributed by atoms with Gasteiger partial charge in [-0.25, -0.2) is 0 Å². The van der Waals surface area contributed by atoms with E-state index in [1.165, 1.54) is 0 Å². The molecule has 1 atom stereocenters. The molecule has 0 radical (unpaired) electrons. The number of aliphatic imine (C=N–C) groups is 1. The molecule has 1 aromatic heterocycles. The van der Waals surface area contributed by atoms with Crippen molar-refractivity contribution < 1.29 is 9.59 Å². The number of allylic oxidation sites excluding steroid dienone is 1. The fourth-order valence-corrected chi connectivity index (χ4v) is 4.25. The summed E-state index contributed by atoms with van der Waals surface area (Å²) in [7, 11) is 3.97. The van der Waals surface area contributed by atoms with Gasteiger partial charge in [0.05, 0.1) is 11.2 Å². The molecular formula is C26H26BrN5O2. The zero-order chi connectivity index (χ0) is 24.1. The molecule has 0 saturated heterocycles. The van der Waals surface area contributed by atoms with Crippen LogP contribution in [-0.2, 0) is 10.5 Å². The molecule has 0 bridgehead atoms. The Hall–Kier alpha value is -3.36. The van der Waals surface area contributed by atoms with Crippen LogP contribution in [0.2, 0.25) is 0 Å². The Balaban J connectivity index is 1.62. The van der Waals surface area contributed by atoms with Gasteiger partial charge in [0.25, 0.3) is 5.91 Å². The van der Waals surface area contributed by atoms with Gasteiger partial charge in [-0.15, -0.1) is 0 Å². The third-order valence-corrected chi connectivity index (χ3v) is 6.05. The number of aromatic nitrogens is 1. The molecular weight excluding hydrogens is 494 g/mol. The lowest BCUT2D eigenvalue weighted by Crippen LogP contribution is -2.42. The van der Waals surface area contributed by atoms with Crippen LogP contribution in [-0.4, -0.2) is 48.6 Å². The lowest BCUT2D eigenvalue weighted by atomic mass is 9.97. The van der Waals surface area contributed by atoms with Crippen molar-refractivity contribution >= 4 is 50.5 Å². The standard InChI is InChI=1S/C26H26BrN5O2/c1-32(2)15-4-8-24(33)31-26(12-5-13-29-26)19-9-10-22-21(17-19)23(11-14-28-22)30-25(34)18-6-3-7-20(27)16-18/h3,5-7,9-14,16-17H,4,8,15H2,1-2H3,(H,31,33)(H,28,30,34). The second-order valence-corrected chi connectivity index (χ2v) is 9.33. The summed E-state index contributed by atoms with van der Waals surface area (Å²) in [6.45, 7) is 0.836. The van der Waals surface area contributed by atoms with Crippen molar-refractivity contribution in [2.75, 3.05) is 26.0 Å². The summed E-state index contributed by atoms with van der Waals surface area (Å²) >= 11 is 3.40. The summed E-state index contributed by atoms with van der Waals surface area (Å²) < 4.78 is 0.830. The Morgan fingerprint density at radius 3 is 2.71 bits per heavy atom. The highest BCUT2D eigenvalue weighted by Crippen LogP contribution is 2.32. The van der Waals surface area contributed by atoms with Gasteiger partial charge < -0.3 is 15.5 Å². The first-order chi connectivity index (χ1) is 16.4. The Bertz CT molecular complexity index is 1270. The highest BCUT2D eigenvalue weighted by atomic mass is 79.9. The van der Waals surface area contributed by atoms with Crippen LogP contribution in [0.15, 0.2) is 76.3 Å². The van der Waals surface area contributed by atoms with Crippen LogP contribution in [0.3, 0.4) is 0 Å². The molecule has 7 nitrogen and oxygen atoms in total. The van der Waals surface area contributed by atoms with E-state index in [4.69, 9.17) is 0 Å². The van der Waals surface area contributed by atoms with Crippen molar-refractivity contribution in [3.63, 3.8) is 0 Å². The van der Waals surface area contributed by atoms with E-state index in [1.54, 1.807) is 30.6 Å². The molecule has 1 aliphatic heterocycles. The van der Waals surface area contributed by atoms with Gasteiger partial charge in [-0.3, -0.25) is 19.6 Å². The van der Waals surface area contributed by atoms with E-state index in [-0.39, 0.29) is 11.8 Å². The topological polar surface area (TPSA) is 86.7 Å². The second-order valence-electron chi connectivity index (χ2n) is 8.41. The highest BCUT2D eigenvalue weighted by Gasteiger charge is 2.32. The predicted octanol–water partition coefficient (Wildman–Crippen LogP) is 4.50. The summed E-state index contributed by atoms with van der Waals surface area (Å²) in [5.41, 5.74) is 1.71. The number of carbonyl (C=O) groups excluding carboxylic acids is 2. The van der Waals surface area contributed by atoms with Crippen LogP contribution in [0.25, 0.3) is 10.9 Å². The van der Waals surface area contributed by atoms with Gasteiger partial charge in [0.2, 0.25) is 5.91 Å². The van der Waals surface area contributed by atoms with E-state index in [0.717, 1.165) is 33.9 Å². The van der Waals surface area contributed by atoms with E-state index in [9.17, 15) is 9.59 Å². The van der Waals surface area contributed by atoms with E-state index < -0.39 is 5.66 Å². The number of amides is 2. The smallest absolute Gasteiger partial charge is 0.255 e. The first-order valence-corrected chi connectivity index (χ1v) is 11.8. The number of carbonyl (C=O) groups is 2. The first kappa shape index (κ1) is 23.8. The van der Waals surface area contributed by atoms with Gasteiger partial charge in [0.1, 0.15) is 0 Å². The molecule has 0 fully saturated rings. The molecule has 2 aromatic carbocycles. The third-order valence-electron chi connectivity index (χ3n) is 5.56. The molecule has 34 heavy (non-hydrogen) atoms. The SMILES string of the molecule is CN(C)CCCC(=O)NC1(c2ccc3nccc(NC(=O)c4cccc(Br)c4)c3c2)C=CC=N1. The fourth-order valence-electron chi connectivity index (χ4n) is 3.85. The quantitative estimate of drug-likeness (QED) is 0.458. The monoisotopic (exact) mass is 519 g/mol. The molecule has 0 saturated carbocycles. The number of hydrogen-bond donors (Lipinski definition) is 2. The highest BCUT2D eigenvalue weighted by molar-refractivity contribution is 9.10. The third kappa shape index (κ3) is 5.40. The molecule has 0 aliphatic carbocycles. The van der Waals surface area contributed by atoms with Gasteiger partial charge in [-0.05, 0) is 75.6 Å². The van der Waals surface area contributed by atoms with E-state index in [1.807, 2.05) is 56.6 Å². The first-order valence-electron chi connectivity index (χ1n) is 11.0. The van der Waals surface area contributed by atoms with Gasteiger partial charge in [-0.2, -0.15) is 0 Å². The maximum atomic E-state index is 12.9. The predicted molar refractivity (Wildman–Crippen MR) is 139 cm³/mol. The van der Waals surface area contributed by atoms with Crippen molar-refractivity contribution in [2.45, 2.75) is 18.5 Å². The average Bonchev–Trinajstić information content (AvgIpc) is 3.28. The van der Waals surface area contributed by atoms with Crippen LogP contribution in [0, 0.1) is 0 Å². The van der Waals surface area contributed by atoms with Crippen molar-refractivity contribution in [3.05, 3.63) is 82.5 Å². The average molecular weight is 520 g/mol. The molecule has 4 rings (SSSR count). The lowest BCUT2D eigenvalue weighted by molar-refractivity contribution is -0.122. The largest absolute Gasteiger partial charge is 0.325 e. The minimum absolute atomic E-state index is 0.0694. The minimum atomic E-state index is -0.981. The summed E-state index contributed by atoms with van der Waals surface area (Å²) in [6, 6.07) is 14.7. The van der Waals surface area contributed by atoms with Crippen LogP contribution in [0.4, 0.5) is 5.69 Å². The lowest BCUT2D eigenvalue weighted by Gasteiger charge is -2.27. The van der Waals surface area contributed by atoms with Gasteiger partial charge in [-0.1, -0.05) is 28.1 Å². The van der Waals surface area contributed by atoms with Crippen molar-refractivity contribution in [2.24, 2.45) is 4.99 Å². The Morgan fingerprint density at radius 1 is 1.12 bits per heavy atom. The molecule has 2 heterocycles. The van der Waals surface area contributed by atoms with Crippen LogP contribution in [0.5, 0.6) is 0 Å². The van der Waals surface area contributed by atoms with Crippen molar-refractivity contribution in [1.29, 1.82) is 0 Å². The van der Waals surface area contributed by atoms with Gasteiger partial charge >= 0.3 is 0 Å². The Morgan fingerprint density at radius 2 is 1.97 bits per heavy atom. The molecule has 1 aliphatic rings. The molecule has 2 N–H and O–H groups in total. The Labute approximate surface area is 207 Å². The number of nitrogens with zero attached hydrogens (tertiary/aromatic N) is 3. The van der Waals surface area contributed by atoms with E-state index >= 15 is 0 Å². The summed E-state index contributed by atoms with van der Waals surface area (Å²) in [5, 5.41) is 6.84. The number of halogens is 1. The normalized spacial score (nSPS) is 16.8. The molecule has 2 amide bonds. The summed E-state index contributed by atoms with van der Waals surface area (Å²) in [5.74, 6) is -0.290. The number of anilines is 1. The summed E-state index contributed by atoms with van der Waals surface area (Å²) in [6.07, 6.45) is 8.21. The minimum Gasteiger partial charge on any atom is -0.325 e. The maximum Gasteiger partial charge on any atom is 0.255 e. The number of pyridine rings is 1. The molecule has 8 heteroatoms. The molecule has 3 aromatic rings. The molecule has 174 valence electrons. The van der Waals surface area contributed by atoms with Crippen LogP contribution >= 0.6 is 15.9 Å². The number of benzene rings is 2. The van der Waals surface area contributed by atoms with Gasteiger partial charge in [0.15, 0.2) is 5.66 Å². The fraction of sp³-hybridized carbons (Fsp3) is 0.231. The second kappa shape index (κ2) is 10.3. The van der Waals surface area contributed by atoms with Crippen LogP contribution in [0.1, 0.15) is 28.8 Å². The van der Waals surface area contributed by atoms with Crippen LogP contribution < -0.4 is 10.6 Å². The number of fused-ring (bicyclic) bond motifs is 1. The Kier molecular flexibility index (Phi) is 7.19. The van der Waals surface area contributed by atoms with Crippen molar-refractivity contribution in [3.8, 4) is 0 Å². The van der Waals surface area contributed by atoms with E-state index in [0.29, 0.717) is 17.7 Å². The van der Waals surface area contributed by atoms with Gasteiger partial charge in [0, 0.05) is 39.8 Å². The maximum absolute atomic E-state index is 12.9.